The molecular formula is C10H20N2O. The summed E-state index contributed by atoms with van der Waals surface area (Å²) in [5.41, 5.74) is 5.92. The van der Waals surface area contributed by atoms with Gasteiger partial charge in [0.05, 0.1) is 12.2 Å². The Morgan fingerprint density at radius 2 is 1.85 bits per heavy atom. The molecule has 2 heterocycles. The van der Waals surface area contributed by atoms with Crippen LogP contribution in [0.25, 0.3) is 0 Å². The maximum Gasteiger partial charge on any atom is 0.0707 e. The summed E-state index contributed by atoms with van der Waals surface area (Å²) in [4.78, 5) is 2.45. The topological polar surface area (TPSA) is 38.5 Å². The average Bonchev–Trinajstić information content (AvgIpc) is 2.27. The van der Waals surface area contributed by atoms with Crippen LogP contribution in [0.5, 0.6) is 0 Å². The molecule has 2 fully saturated rings. The fourth-order valence-corrected chi connectivity index (χ4v) is 2.40. The van der Waals surface area contributed by atoms with E-state index in [0.29, 0.717) is 12.2 Å². The van der Waals surface area contributed by atoms with Gasteiger partial charge < -0.3 is 10.5 Å². The van der Waals surface area contributed by atoms with Crippen molar-refractivity contribution < 1.29 is 4.74 Å². The third-order valence-corrected chi connectivity index (χ3v) is 2.75. The van der Waals surface area contributed by atoms with Gasteiger partial charge in [0, 0.05) is 25.2 Å². The molecule has 2 aliphatic rings. The van der Waals surface area contributed by atoms with Gasteiger partial charge in [0.1, 0.15) is 0 Å². The molecule has 2 saturated heterocycles. The van der Waals surface area contributed by atoms with Crippen LogP contribution in [0.2, 0.25) is 0 Å². The summed E-state index contributed by atoms with van der Waals surface area (Å²) >= 11 is 0. The molecule has 13 heavy (non-hydrogen) atoms. The molecule has 2 aliphatic heterocycles. The van der Waals surface area contributed by atoms with Crippen molar-refractivity contribution in [2.24, 2.45) is 5.73 Å². The Kier molecular flexibility index (Phi) is 2.34. The molecule has 0 spiro atoms. The third-order valence-electron chi connectivity index (χ3n) is 2.75. The van der Waals surface area contributed by atoms with Gasteiger partial charge in [-0.3, -0.25) is 4.90 Å². The lowest BCUT2D eigenvalue weighted by atomic mass is 10.1. The zero-order valence-electron chi connectivity index (χ0n) is 8.62. The minimum absolute atomic E-state index is 0.0726. The van der Waals surface area contributed by atoms with E-state index in [0.717, 1.165) is 19.6 Å². The van der Waals surface area contributed by atoms with Crippen molar-refractivity contribution in [1.82, 2.24) is 4.90 Å². The Bertz CT molecular complexity index is 176. The van der Waals surface area contributed by atoms with E-state index >= 15 is 0 Å². The maximum absolute atomic E-state index is 6.00. The van der Waals surface area contributed by atoms with Crippen LogP contribution in [-0.4, -0.2) is 42.3 Å². The van der Waals surface area contributed by atoms with Crippen LogP contribution in [0.1, 0.15) is 26.7 Å². The van der Waals surface area contributed by atoms with E-state index in [1.165, 1.54) is 12.8 Å². The molecule has 3 nitrogen and oxygen atoms in total. The zero-order valence-corrected chi connectivity index (χ0v) is 8.62. The highest BCUT2D eigenvalue weighted by atomic mass is 16.5. The molecule has 3 heteroatoms. The maximum atomic E-state index is 6.00. The zero-order chi connectivity index (χ0) is 9.47. The number of hydrogen-bond donors (Lipinski definition) is 1. The number of nitrogens with two attached hydrogens (primary N) is 1. The molecule has 0 saturated carbocycles. The Morgan fingerprint density at radius 1 is 1.31 bits per heavy atom. The van der Waals surface area contributed by atoms with E-state index in [9.17, 15) is 0 Å². The molecule has 2 N–H and O–H groups in total. The van der Waals surface area contributed by atoms with Gasteiger partial charge in [-0.1, -0.05) is 0 Å². The highest BCUT2D eigenvalue weighted by Crippen LogP contribution is 2.26. The first-order valence-electron chi connectivity index (χ1n) is 5.20. The molecule has 0 aromatic heterocycles. The van der Waals surface area contributed by atoms with E-state index in [-0.39, 0.29) is 5.54 Å². The van der Waals surface area contributed by atoms with Crippen molar-refractivity contribution >= 4 is 0 Å². The van der Waals surface area contributed by atoms with Gasteiger partial charge in [-0.15, -0.1) is 0 Å². The van der Waals surface area contributed by atoms with Crippen molar-refractivity contribution in [2.45, 2.75) is 44.4 Å². The third kappa shape index (κ3) is 2.42. The summed E-state index contributed by atoms with van der Waals surface area (Å²) in [5.74, 6) is 0. The number of ether oxygens (including phenoxy) is 1. The van der Waals surface area contributed by atoms with E-state index in [1.807, 2.05) is 0 Å². The highest BCUT2D eigenvalue weighted by Gasteiger charge is 2.34. The van der Waals surface area contributed by atoms with Crippen molar-refractivity contribution in [3.63, 3.8) is 0 Å². The molecule has 0 amide bonds. The lowest BCUT2D eigenvalue weighted by Crippen LogP contribution is -2.51. The minimum Gasteiger partial charge on any atom is -0.372 e. The van der Waals surface area contributed by atoms with Gasteiger partial charge in [0.15, 0.2) is 0 Å². The normalized spacial score (nSPS) is 35.3. The summed E-state index contributed by atoms with van der Waals surface area (Å²) < 4.78 is 5.76. The summed E-state index contributed by atoms with van der Waals surface area (Å²) in [6.45, 7) is 7.33. The molecule has 2 unspecified atom stereocenters. The van der Waals surface area contributed by atoms with Crippen LogP contribution < -0.4 is 5.73 Å². The molecule has 2 bridgehead atoms. The van der Waals surface area contributed by atoms with Crippen LogP contribution in [0.4, 0.5) is 0 Å². The molecular weight excluding hydrogens is 164 g/mol. The predicted molar refractivity (Wildman–Crippen MR) is 52.6 cm³/mol. The fraction of sp³-hybridized carbons (Fsp3) is 1.00. The van der Waals surface area contributed by atoms with Crippen molar-refractivity contribution in [1.29, 1.82) is 0 Å². The number of rotatable bonds is 2. The van der Waals surface area contributed by atoms with Crippen molar-refractivity contribution in [2.75, 3.05) is 19.6 Å². The molecule has 0 aromatic carbocycles. The number of fused-ring (bicyclic) bond motifs is 2. The summed E-state index contributed by atoms with van der Waals surface area (Å²) in [7, 11) is 0. The quantitative estimate of drug-likeness (QED) is 0.682. The van der Waals surface area contributed by atoms with Gasteiger partial charge in [-0.2, -0.15) is 0 Å². The number of likely N-dealkylation sites (tertiary alicyclic amines) is 1. The summed E-state index contributed by atoms with van der Waals surface area (Å²) in [6, 6.07) is 0. The van der Waals surface area contributed by atoms with E-state index < -0.39 is 0 Å². The Balaban J connectivity index is 1.88. The standard InChI is InChI=1S/C10H20N2O/c1-10(2,11)7-12-5-8-3-4-9(6-12)13-8/h8-9H,3-7,11H2,1-2H3. The van der Waals surface area contributed by atoms with Gasteiger partial charge >= 0.3 is 0 Å². The van der Waals surface area contributed by atoms with Crippen LogP contribution in [0.15, 0.2) is 0 Å². The van der Waals surface area contributed by atoms with Gasteiger partial charge in [0.2, 0.25) is 0 Å². The van der Waals surface area contributed by atoms with E-state index in [1.54, 1.807) is 0 Å². The summed E-state index contributed by atoms with van der Waals surface area (Å²) in [6.07, 6.45) is 3.46. The first-order valence-corrected chi connectivity index (χ1v) is 5.20. The van der Waals surface area contributed by atoms with E-state index in [2.05, 4.69) is 18.7 Å². The van der Waals surface area contributed by atoms with Crippen LogP contribution >= 0.6 is 0 Å². The van der Waals surface area contributed by atoms with Crippen molar-refractivity contribution in [3.8, 4) is 0 Å². The SMILES string of the molecule is CC(C)(N)CN1CC2CCC(C1)O2. The van der Waals surface area contributed by atoms with Crippen molar-refractivity contribution in [3.05, 3.63) is 0 Å². The molecule has 0 aliphatic carbocycles. The molecule has 76 valence electrons. The Labute approximate surface area is 80.2 Å². The Morgan fingerprint density at radius 3 is 2.31 bits per heavy atom. The molecule has 2 rings (SSSR count). The van der Waals surface area contributed by atoms with Crippen LogP contribution in [0.3, 0.4) is 0 Å². The number of nitrogens with zero attached hydrogens (tertiary/aromatic N) is 1. The van der Waals surface area contributed by atoms with Crippen LogP contribution in [-0.2, 0) is 4.74 Å². The minimum atomic E-state index is -0.0726. The smallest absolute Gasteiger partial charge is 0.0707 e. The first-order chi connectivity index (χ1) is 6.03. The second kappa shape index (κ2) is 3.23. The monoisotopic (exact) mass is 184 g/mol. The van der Waals surface area contributed by atoms with E-state index in [4.69, 9.17) is 10.5 Å². The van der Waals surface area contributed by atoms with Gasteiger partial charge in [-0.25, -0.2) is 0 Å². The second-order valence-electron chi connectivity index (χ2n) is 5.14. The van der Waals surface area contributed by atoms with Gasteiger partial charge in [0.25, 0.3) is 0 Å². The van der Waals surface area contributed by atoms with Crippen LogP contribution in [0, 0.1) is 0 Å². The lowest BCUT2D eigenvalue weighted by molar-refractivity contribution is -0.0426. The number of hydrogen-bond acceptors (Lipinski definition) is 3. The summed E-state index contributed by atoms with van der Waals surface area (Å²) in [5, 5.41) is 0. The number of morpholine rings is 1. The fourth-order valence-electron chi connectivity index (χ4n) is 2.40. The Hall–Kier alpha value is -0.120. The lowest BCUT2D eigenvalue weighted by Gasteiger charge is -2.36. The molecule has 0 aromatic rings. The second-order valence-corrected chi connectivity index (χ2v) is 5.14. The largest absolute Gasteiger partial charge is 0.372 e. The molecule has 2 atom stereocenters. The highest BCUT2D eigenvalue weighted by molar-refractivity contribution is 4.88. The first kappa shape index (κ1) is 9.44. The van der Waals surface area contributed by atoms with Gasteiger partial charge in [-0.05, 0) is 26.7 Å². The molecule has 0 radical (unpaired) electrons. The average molecular weight is 184 g/mol. The predicted octanol–water partition coefficient (Wildman–Crippen LogP) is 0.587.